The van der Waals surface area contributed by atoms with Crippen LogP contribution in [0.4, 0.5) is 13.9 Å². The van der Waals surface area contributed by atoms with E-state index in [-0.39, 0.29) is 12.4 Å². The lowest BCUT2D eigenvalue weighted by molar-refractivity contribution is 0.0975. The van der Waals surface area contributed by atoms with Gasteiger partial charge in [0.25, 0.3) is 5.91 Å². The summed E-state index contributed by atoms with van der Waals surface area (Å²) in [7, 11) is 0. The van der Waals surface area contributed by atoms with Crippen molar-refractivity contribution in [2.45, 2.75) is 27.7 Å². The molecule has 3 rings (SSSR count). The lowest BCUT2D eigenvalue weighted by atomic mass is 10.1. The maximum absolute atomic E-state index is 14.3. The zero-order valence-corrected chi connectivity index (χ0v) is 19.2. The minimum atomic E-state index is -0.865. The number of benzene rings is 2. The van der Waals surface area contributed by atoms with E-state index in [1.165, 1.54) is 22.3 Å². The molecule has 2 aromatic carbocycles. The average molecular weight is 454 g/mol. The third-order valence-electron chi connectivity index (χ3n) is 5.18. The highest BCUT2D eigenvalue weighted by atomic mass is 35.5. The molecule has 162 valence electrons. The van der Waals surface area contributed by atoms with Gasteiger partial charge in [-0.2, -0.15) is 0 Å². The van der Waals surface area contributed by atoms with Crippen LogP contribution < -0.4 is 4.90 Å². The van der Waals surface area contributed by atoms with Crippen molar-refractivity contribution in [3.05, 3.63) is 58.7 Å². The largest absolute Gasteiger partial charge is 0.302 e. The van der Waals surface area contributed by atoms with Crippen LogP contribution in [-0.4, -0.2) is 42.0 Å². The molecule has 0 bridgehead atoms. The topological polar surface area (TPSA) is 36.4 Å². The van der Waals surface area contributed by atoms with Crippen LogP contribution in [0, 0.1) is 25.5 Å². The molecule has 0 spiro atoms. The van der Waals surface area contributed by atoms with Crippen LogP contribution in [0.25, 0.3) is 10.2 Å². The Kier molecular flexibility index (Phi) is 8.29. The highest BCUT2D eigenvalue weighted by Crippen LogP contribution is 2.32. The molecule has 0 aliphatic rings. The molecular formula is C22H26ClF2N3OS. The summed E-state index contributed by atoms with van der Waals surface area (Å²) in [5, 5.41) is 0.449. The van der Waals surface area contributed by atoms with Crippen molar-refractivity contribution in [2.75, 3.05) is 31.1 Å². The van der Waals surface area contributed by atoms with Gasteiger partial charge in [0.05, 0.1) is 10.2 Å². The van der Waals surface area contributed by atoms with E-state index < -0.39 is 23.1 Å². The van der Waals surface area contributed by atoms with Crippen molar-refractivity contribution in [1.29, 1.82) is 0 Å². The van der Waals surface area contributed by atoms with E-state index in [2.05, 4.69) is 9.88 Å². The first-order valence-corrected chi connectivity index (χ1v) is 10.5. The van der Waals surface area contributed by atoms with Gasteiger partial charge in [0.1, 0.15) is 17.2 Å². The Balaban J connectivity index is 0.00000320. The van der Waals surface area contributed by atoms with E-state index in [1.54, 1.807) is 0 Å². The van der Waals surface area contributed by atoms with Crippen LogP contribution in [0.3, 0.4) is 0 Å². The summed E-state index contributed by atoms with van der Waals surface area (Å²) in [4.78, 5) is 21.3. The highest BCUT2D eigenvalue weighted by Gasteiger charge is 2.27. The second-order valence-electron chi connectivity index (χ2n) is 6.98. The number of amides is 1. The summed E-state index contributed by atoms with van der Waals surface area (Å²) in [5.74, 6) is -2.44. The van der Waals surface area contributed by atoms with Crippen LogP contribution in [0.1, 0.15) is 35.3 Å². The molecule has 0 radical (unpaired) electrons. The van der Waals surface area contributed by atoms with Crippen molar-refractivity contribution >= 4 is 45.0 Å². The summed E-state index contributed by atoms with van der Waals surface area (Å²) in [6.45, 7) is 10.6. The number of rotatable bonds is 7. The van der Waals surface area contributed by atoms with E-state index in [1.807, 2.05) is 39.8 Å². The molecule has 0 atom stereocenters. The van der Waals surface area contributed by atoms with Crippen molar-refractivity contribution < 1.29 is 13.6 Å². The number of halogens is 3. The van der Waals surface area contributed by atoms with Gasteiger partial charge in [0.15, 0.2) is 5.13 Å². The zero-order chi connectivity index (χ0) is 21.1. The number of hydrogen-bond acceptors (Lipinski definition) is 4. The van der Waals surface area contributed by atoms with E-state index in [9.17, 15) is 13.6 Å². The van der Waals surface area contributed by atoms with Gasteiger partial charge in [0, 0.05) is 13.1 Å². The van der Waals surface area contributed by atoms with Crippen LogP contribution in [-0.2, 0) is 0 Å². The Labute approximate surface area is 185 Å². The Morgan fingerprint density at radius 3 is 2.23 bits per heavy atom. The molecule has 30 heavy (non-hydrogen) atoms. The number of likely N-dealkylation sites (N-methyl/N-ethyl adjacent to an activating group) is 1. The lowest BCUT2D eigenvalue weighted by Gasteiger charge is -2.25. The van der Waals surface area contributed by atoms with Crippen molar-refractivity contribution in [3.63, 3.8) is 0 Å². The van der Waals surface area contributed by atoms with Gasteiger partial charge in [0.2, 0.25) is 0 Å². The number of aromatic nitrogens is 1. The van der Waals surface area contributed by atoms with Gasteiger partial charge < -0.3 is 4.90 Å². The fraction of sp³-hybridized carbons (Fsp3) is 0.364. The number of carbonyl (C=O) groups is 1. The van der Waals surface area contributed by atoms with Crippen LogP contribution in [0.2, 0.25) is 0 Å². The predicted molar refractivity (Wildman–Crippen MR) is 122 cm³/mol. The Morgan fingerprint density at radius 1 is 1.03 bits per heavy atom. The van der Waals surface area contributed by atoms with Gasteiger partial charge in [-0.3, -0.25) is 9.69 Å². The van der Waals surface area contributed by atoms with Gasteiger partial charge in [-0.15, -0.1) is 12.4 Å². The minimum Gasteiger partial charge on any atom is -0.302 e. The Hall–Kier alpha value is -2.09. The monoisotopic (exact) mass is 453 g/mol. The van der Waals surface area contributed by atoms with Crippen molar-refractivity contribution in [1.82, 2.24) is 9.88 Å². The number of aryl methyl sites for hydroxylation is 2. The molecule has 4 nitrogen and oxygen atoms in total. The predicted octanol–water partition coefficient (Wildman–Crippen LogP) is 5.60. The number of fused-ring (bicyclic) bond motifs is 1. The highest BCUT2D eigenvalue weighted by molar-refractivity contribution is 7.22. The van der Waals surface area contributed by atoms with Crippen molar-refractivity contribution in [2.24, 2.45) is 0 Å². The first kappa shape index (κ1) is 24.2. The number of hydrogen-bond donors (Lipinski definition) is 0. The summed E-state index contributed by atoms with van der Waals surface area (Å²) < 4.78 is 29.5. The number of nitrogens with zero attached hydrogens (tertiary/aromatic N) is 3. The van der Waals surface area contributed by atoms with Crippen LogP contribution in [0.15, 0.2) is 30.3 Å². The molecule has 0 N–H and O–H groups in total. The standard InChI is InChI=1S/C22H25F2N3OS.ClH/c1-5-26(6-2)10-11-27(21(28)20-16(23)8-7-9-17(20)24)22-25-18-12-14(3)15(4)13-19(18)29-22;/h7-9,12-13H,5-6,10-11H2,1-4H3;1H. The number of thiazole rings is 1. The maximum atomic E-state index is 14.3. The van der Waals surface area contributed by atoms with E-state index >= 15 is 0 Å². The third-order valence-corrected chi connectivity index (χ3v) is 6.22. The molecule has 0 saturated carbocycles. The van der Waals surface area contributed by atoms with Crippen molar-refractivity contribution in [3.8, 4) is 0 Å². The first-order chi connectivity index (χ1) is 13.8. The Morgan fingerprint density at radius 2 is 1.63 bits per heavy atom. The normalized spacial score (nSPS) is 11.0. The van der Waals surface area contributed by atoms with Gasteiger partial charge >= 0.3 is 0 Å². The molecular weight excluding hydrogens is 428 g/mol. The SMILES string of the molecule is CCN(CC)CCN(C(=O)c1c(F)cccc1F)c1nc2cc(C)c(C)cc2s1.Cl. The molecule has 0 fully saturated rings. The number of carbonyl (C=O) groups excluding carboxylic acids is 1. The number of anilines is 1. The van der Waals surface area contributed by atoms with Gasteiger partial charge in [-0.1, -0.05) is 31.3 Å². The van der Waals surface area contributed by atoms with E-state index in [4.69, 9.17) is 0 Å². The molecule has 0 aliphatic heterocycles. The molecule has 0 unspecified atom stereocenters. The smallest absolute Gasteiger partial charge is 0.266 e. The van der Waals surface area contributed by atoms with Gasteiger partial charge in [-0.05, 0) is 62.3 Å². The second-order valence-corrected chi connectivity index (χ2v) is 7.99. The minimum absolute atomic E-state index is 0. The van der Waals surface area contributed by atoms with Gasteiger partial charge in [-0.25, -0.2) is 13.8 Å². The molecule has 1 heterocycles. The second kappa shape index (κ2) is 10.3. The average Bonchev–Trinajstić information content (AvgIpc) is 3.07. The summed E-state index contributed by atoms with van der Waals surface area (Å²) >= 11 is 1.36. The molecule has 0 saturated heterocycles. The lowest BCUT2D eigenvalue weighted by Crippen LogP contribution is -2.39. The summed E-state index contributed by atoms with van der Waals surface area (Å²) in [6.07, 6.45) is 0. The van der Waals surface area contributed by atoms with E-state index in [0.29, 0.717) is 18.2 Å². The fourth-order valence-corrected chi connectivity index (χ4v) is 4.26. The Bertz CT molecular complexity index is 977. The maximum Gasteiger partial charge on any atom is 0.266 e. The summed E-state index contributed by atoms with van der Waals surface area (Å²) in [6, 6.07) is 7.46. The quantitative estimate of drug-likeness (QED) is 0.467. The van der Waals surface area contributed by atoms with Crippen LogP contribution in [0.5, 0.6) is 0 Å². The molecule has 1 amide bonds. The molecule has 1 aromatic heterocycles. The zero-order valence-electron chi connectivity index (χ0n) is 17.5. The first-order valence-electron chi connectivity index (χ1n) is 9.71. The molecule has 0 aliphatic carbocycles. The fourth-order valence-electron chi connectivity index (χ4n) is 3.19. The van der Waals surface area contributed by atoms with E-state index in [0.717, 1.165) is 46.6 Å². The van der Waals surface area contributed by atoms with Crippen LogP contribution >= 0.6 is 23.7 Å². The summed E-state index contributed by atoms with van der Waals surface area (Å²) in [5.41, 5.74) is 2.48. The third kappa shape index (κ3) is 4.96. The molecule has 8 heteroatoms. The molecule has 3 aromatic rings.